The minimum absolute atomic E-state index is 0.227. The van der Waals surface area contributed by atoms with E-state index in [1.165, 1.54) is 0 Å². The molecule has 4 heteroatoms. The molecule has 1 heterocycles. The van der Waals surface area contributed by atoms with E-state index in [0.29, 0.717) is 12.1 Å². The summed E-state index contributed by atoms with van der Waals surface area (Å²) in [6.07, 6.45) is 2.85. The second kappa shape index (κ2) is 5.50. The summed E-state index contributed by atoms with van der Waals surface area (Å²) in [5, 5.41) is 1.70. The quantitative estimate of drug-likeness (QED) is 0.888. The Hall–Kier alpha value is -1.39. The van der Waals surface area contributed by atoms with Crippen LogP contribution in [0.3, 0.4) is 0 Å². The van der Waals surface area contributed by atoms with E-state index < -0.39 is 0 Å². The largest absolute Gasteiger partial charge is 0.364 e. The molecule has 0 radical (unpaired) electrons. The van der Waals surface area contributed by atoms with Gasteiger partial charge in [-0.3, -0.25) is 0 Å². The lowest BCUT2D eigenvalue weighted by Gasteiger charge is -2.38. The summed E-state index contributed by atoms with van der Waals surface area (Å²) in [5.41, 5.74) is 6.57. The maximum Gasteiger partial charge on any atom is 0.357 e. The molecule has 1 atom stereocenters. The molecule has 0 aromatic heterocycles. The van der Waals surface area contributed by atoms with Gasteiger partial charge in [-0.2, -0.15) is 0 Å². The first-order chi connectivity index (χ1) is 8.63. The summed E-state index contributed by atoms with van der Waals surface area (Å²) in [6.45, 7) is 3.45. The van der Waals surface area contributed by atoms with Gasteiger partial charge in [0.25, 0.3) is 0 Å². The van der Waals surface area contributed by atoms with Crippen molar-refractivity contribution in [3.05, 3.63) is 35.9 Å². The van der Waals surface area contributed by atoms with E-state index in [1.54, 1.807) is 17.2 Å². The highest BCUT2D eigenvalue weighted by molar-refractivity contribution is 5.89. The summed E-state index contributed by atoms with van der Waals surface area (Å²) in [5.74, 6) is -0.309. The molecule has 2 rings (SSSR count). The standard InChI is InChI=1S/C14H20N2O2/c1-2-14(15)9-6-10-16(11-14)18-13(17)12-7-4-3-5-8-12/h3-5,7-8H,2,6,9-11,15H2,1H3. The zero-order chi connectivity index (χ0) is 13.0. The number of nitrogens with two attached hydrogens (primary N) is 1. The SMILES string of the molecule is CCC1(N)CCCN(OC(=O)c2ccccc2)C1. The third-order valence-corrected chi connectivity index (χ3v) is 3.50. The van der Waals surface area contributed by atoms with Gasteiger partial charge in [-0.15, -0.1) is 5.06 Å². The molecule has 1 unspecified atom stereocenters. The maximum atomic E-state index is 11.9. The molecule has 18 heavy (non-hydrogen) atoms. The first-order valence-electron chi connectivity index (χ1n) is 6.44. The van der Waals surface area contributed by atoms with E-state index in [9.17, 15) is 4.79 Å². The van der Waals surface area contributed by atoms with Crippen molar-refractivity contribution in [3.8, 4) is 0 Å². The topological polar surface area (TPSA) is 55.6 Å². The normalized spacial score (nSPS) is 24.8. The second-order valence-corrected chi connectivity index (χ2v) is 4.93. The summed E-state index contributed by atoms with van der Waals surface area (Å²) in [4.78, 5) is 17.3. The molecule has 0 saturated carbocycles. The fraction of sp³-hybridized carbons (Fsp3) is 0.500. The Morgan fingerprint density at radius 1 is 1.44 bits per heavy atom. The molecule has 1 aliphatic rings. The Kier molecular flexibility index (Phi) is 3.99. The summed E-state index contributed by atoms with van der Waals surface area (Å²) >= 11 is 0. The number of carbonyl (C=O) groups excluding carboxylic acids is 1. The van der Waals surface area contributed by atoms with E-state index in [1.807, 2.05) is 18.2 Å². The number of benzene rings is 1. The van der Waals surface area contributed by atoms with Crippen molar-refractivity contribution < 1.29 is 9.63 Å². The molecule has 1 saturated heterocycles. The van der Waals surface area contributed by atoms with Gasteiger partial charge < -0.3 is 10.6 Å². The Morgan fingerprint density at radius 3 is 2.83 bits per heavy atom. The smallest absolute Gasteiger partial charge is 0.357 e. The van der Waals surface area contributed by atoms with Crippen molar-refractivity contribution in [2.45, 2.75) is 31.7 Å². The lowest BCUT2D eigenvalue weighted by molar-refractivity contribution is -0.134. The Morgan fingerprint density at radius 2 is 2.17 bits per heavy atom. The van der Waals surface area contributed by atoms with E-state index in [2.05, 4.69) is 6.92 Å². The van der Waals surface area contributed by atoms with Crippen LogP contribution in [-0.2, 0) is 4.84 Å². The third-order valence-electron chi connectivity index (χ3n) is 3.50. The summed E-state index contributed by atoms with van der Waals surface area (Å²) in [6, 6.07) is 9.03. The van der Waals surface area contributed by atoms with Crippen LogP contribution in [0.1, 0.15) is 36.5 Å². The predicted molar refractivity (Wildman–Crippen MR) is 69.9 cm³/mol. The molecule has 0 spiro atoms. The maximum absolute atomic E-state index is 11.9. The van der Waals surface area contributed by atoms with Gasteiger partial charge in [0.05, 0.1) is 12.1 Å². The lowest BCUT2D eigenvalue weighted by Crippen LogP contribution is -2.54. The molecule has 2 N–H and O–H groups in total. The van der Waals surface area contributed by atoms with Gasteiger partial charge in [0, 0.05) is 12.1 Å². The molecule has 1 aliphatic heterocycles. The van der Waals surface area contributed by atoms with E-state index in [4.69, 9.17) is 10.6 Å². The van der Waals surface area contributed by atoms with Crippen molar-refractivity contribution in [2.24, 2.45) is 5.73 Å². The Bertz CT molecular complexity index is 408. The number of hydroxylamine groups is 2. The van der Waals surface area contributed by atoms with E-state index in [-0.39, 0.29) is 11.5 Å². The molecule has 0 aliphatic carbocycles. The minimum Gasteiger partial charge on any atom is -0.364 e. The van der Waals surface area contributed by atoms with Crippen LogP contribution in [0.5, 0.6) is 0 Å². The Balaban J connectivity index is 1.96. The first kappa shape index (κ1) is 13.1. The van der Waals surface area contributed by atoms with Crippen LogP contribution in [0.25, 0.3) is 0 Å². The minimum atomic E-state index is -0.309. The van der Waals surface area contributed by atoms with Crippen molar-refractivity contribution in [3.63, 3.8) is 0 Å². The van der Waals surface area contributed by atoms with Crippen LogP contribution in [0.2, 0.25) is 0 Å². The van der Waals surface area contributed by atoms with Crippen molar-refractivity contribution >= 4 is 5.97 Å². The zero-order valence-corrected chi connectivity index (χ0v) is 10.8. The Labute approximate surface area is 108 Å². The number of piperidine rings is 1. The van der Waals surface area contributed by atoms with Gasteiger partial charge in [-0.05, 0) is 31.4 Å². The third kappa shape index (κ3) is 3.09. The average Bonchev–Trinajstić information content (AvgIpc) is 2.40. The number of carbonyl (C=O) groups is 1. The molecule has 0 bridgehead atoms. The van der Waals surface area contributed by atoms with Crippen LogP contribution in [0.15, 0.2) is 30.3 Å². The monoisotopic (exact) mass is 248 g/mol. The predicted octanol–water partition coefficient (Wildman–Crippen LogP) is 1.96. The highest BCUT2D eigenvalue weighted by Crippen LogP contribution is 2.22. The molecule has 98 valence electrons. The molecular formula is C14H20N2O2. The second-order valence-electron chi connectivity index (χ2n) is 4.93. The van der Waals surface area contributed by atoms with Gasteiger partial charge >= 0.3 is 5.97 Å². The fourth-order valence-electron chi connectivity index (χ4n) is 2.23. The van der Waals surface area contributed by atoms with Crippen LogP contribution in [0.4, 0.5) is 0 Å². The van der Waals surface area contributed by atoms with Crippen LogP contribution in [0, 0.1) is 0 Å². The van der Waals surface area contributed by atoms with Crippen molar-refractivity contribution in [2.75, 3.05) is 13.1 Å². The van der Waals surface area contributed by atoms with Crippen LogP contribution >= 0.6 is 0 Å². The molecule has 0 amide bonds. The van der Waals surface area contributed by atoms with Gasteiger partial charge in [-0.1, -0.05) is 25.1 Å². The van der Waals surface area contributed by atoms with Gasteiger partial charge in [0.1, 0.15) is 0 Å². The van der Waals surface area contributed by atoms with Crippen molar-refractivity contribution in [1.82, 2.24) is 5.06 Å². The van der Waals surface area contributed by atoms with Gasteiger partial charge in [0.15, 0.2) is 0 Å². The summed E-state index contributed by atoms with van der Waals surface area (Å²) in [7, 11) is 0. The summed E-state index contributed by atoms with van der Waals surface area (Å²) < 4.78 is 0. The van der Waals surface area contributed by atoms with Crippen LogP contribution < -0.4 is 5.73 Å². The number of rotatable bonds is 3. The van der Waals surface area contributed by atoms with E-state index >= 15 is 0 Å². The number of nitrogens with zero attached hydrogens (tertiary/aromatic N) is 1. The van der Waals surface area contributed by atoms with Gasteiger partial charge in [-0.25, -0.2) is 4.79 Å². The molecule has 1 aromatic carbocycles. The highest BCUT2D eigenvalue weighted by Gasteiger charge is 2.31. The highest BCUT2D eigenvalue weighted by atomic mass is 16.7. The molecule has 1 aromatic rings. The van der Waals surface area contributed by atoms with Gasteiger partial charge in [0.2, 0.25) is 0 Å². The van der Waals surface area contributed by atoms with E-state index in [0.717, 1.165) is 25.8 Å². The number of hydrogen-bond donors (Lipinski definition) is 1. The average molecular weight is 248 g/mol. The zero-order valence-electron chi connectivity index (χ0n) is 10.8. The molecular weight excluding hydrogens is 228 g/mol. The van der Waals surface area contributed by atoms with Crippen LogP contribution in [-0.4, -0.2) is 29.7 Å². The van der Waals surface area contributed by atoms with Crippen molar-refractivity contribution in [1.29, 1.82) is 0 Å². The lowest BCUT2D eigenvalue weighted by atomic mass is 9.89. The fourth-order valence-corrected chi connectivity index (χ4v) is 2.23. The first-order valence-corrected chi connectivity index (χ1v) is 6.44. The number of hydrogen-bond acceptors (Lipinski definition) is 4. The molecule has 1 fully saturated rings. The molecule has 4 nitrogen and oxygen atoms in total.